The van der Waals surface area contributed by atoms with Crippen LogP contribution >= 0.6 is 0 Å². The van der Waals surface area contributed by atoms with E-state index in [2.05, 4.69) is 34.5 Å². The van der Waals surface area contributed by atoms with Gasteiger partial charge in [-0.15, -0.1) is 0 Å². The van der Waals surface area contributed by atoms with E-state index in [1.54, 1.807) is 7.11 Å². The van der Waals surface area contributed by atoms with Gasteiger partial charge in [-0.25, -0.2) is 0 Å². The summed E-state index contributed by atoms with van der Waals surface area (Å²) in [6.45, 7) is 2.47. The molecule has 4 aromatic rings. The zero-order valence-corrected chi connectivity index (χ0v) is 14.7. The van der Waals surface area contributed by atoms with Gasteiger partial charge in [0.15, 0.2) is 0 Å². The summed E-state index contributed by atoms with van der Waals surface area (Å²) in [4.78, 5) is 0. The van der Waals surface area contributed by atoms with E-state index in [0.717, 1.165) is 39.6 Å². The Hall–Kier alpha value is -3.34. The highest BCUT2D eigenvalue weighted by molar-refractivity contribution is 5.75. The average molecular weight is 345 g/mol. The summed E-state index contributed by atoms with van der Waals surface area (Å²) in [5.74, 6) is 1.66. The lowest BCUT2D eigenvalue weighted by Crippen LogP contribution is -2.00. The highest BCUT2D eigenvalue weighted by Gasteiger charge is 2.09. The van der Waals surface area contributed by atoms with Crippen molar-refractivity contribution in [3.8, 4) is 28.1 Å². The number of aryl methyl sites for hydroxylation is 1. The SMILES string of the molecule is COc1ccccc1-c1cccc(-c2ccn(Cc3cc(C)on3)n2)c1. The minimum Gasteiger partial charge on any atom is -0.496 e. The van der Waals surface area contributed by atoms with Crippen molar-refractivity contribution < 1.29 is 9.26 Å². The smallest absolute Gasteiger partial charge is 0.133 e. The summed E-state index contributed by atoms with van der Waals surface area (Å²) in [5, 5.41) is 8.68. The lowest BCUT2D eigenvalue weighted by atomic mass is 10.0. The Balaban J connectivity index is 1.63. The van der Waals surface area contributed by atoms with E-state index in [9.17, 15) is 0 Å². The summed E-state index contributed by atoms with van der Waals surface area (Å²) < 4.78 is 12.5. The molecule has 0 saturated heterocycles. The fourth-order valence-corrected chi connectivity index (χ4v) is 2.99. The van der Waals surface area contributed by atoms with Gasteiger partial charge in [-0.2, -0.15) is 5.10 Å². The van der Waals surface area contributed by atoms with Crippen LogP contribution in [0.4, 0.5) is 0 Å². The third kappa shape index (κ3) is 3.24. The lowest BCUT2D eigenvalue weighted by molar-refractivity contribution is 0.388. The maximum atomic E-state index is 5.48. The van der Waals surface area contributed by atoms with Crippen molar-refractivity contribution in [3.05, 3.63) is 78.3 Å². The number of rotatable bonds is 5. The van der Waals surface area contributed by atoms with Gasteiger partial charge in [-0.3, -0.25) is 4.68 Å². The first-order valence-electron chi connectivity index (χ1n) is 8.42. The van der Waals surface area contributed by atoms with Crippen LogP contribution in [0.5, 0.6) is 5.75 Å². The van der Waals surface area contributed by atoms with E-state index in [1.807, 2.05) is 54.2 Å². The maximum Gasteiger partial charge on any atom is 0.133 e. The molecule has 26 heavy (non-hydrogen) atoms. The summed E-state index contributed by atoms with van der Waals surface area (Å²) >= 11 is 0. The van der Waals surface area contributed by atoms with E-state index in [0.29, 0.717) is 6.54 Å². The van der Waals surface area contributed by atoms with Gasteiger partial charge in [0.25, 0.3) is 0 Å². The largest absolute Gasteiger partial charge is 0.496 e. The van der Waals surface area contributed by atoms with Gasteiger partial charge in [0.2, 0.25) is 0 Å². The van der Waals surface area contributed by atoms with Crippen molar-refractivity contribution in [1.29, 1.82) is 0 Å². The fraction of sp³-hybridized carbons (Fsp3) is 0.143. The molecular weight excluding hydrogens is 326 g/mol. The number of aromatic nitrogens is 3. The zero-order valence-electron chi connectivity index (χ0n) is 14.7. The van der Waals surface area contributed by atoms with Gasteiger partial charge in [0, 0.05) is 23.4 Å². The standard InChI is InChI=1S/C21H19N3O2/c1-15-12-18(23-26-15)14-24-11-10-20(22-24)17-7-5-6-16(13-17)19-8-3-4-9-21(19)25-2/h3-13H,14H2,1-2H3. The average Bonchev–Trinajstić information content (AvgIpc) is 3.31. The van der Waals surface area contributed by atoms with Crippen LogP contribution in [0, 0.1) is 6.92 Å². The third-order valence-electron chi connectivity index (χ3n) is 4.22. The minimum atomic E-state index is 0.587. The van der Waals surface area contributed by atoms with Crippen molar-refractivity contribution in [2.45, 2.75) is 13.5 Å². The second-order valence-electron chi connectivity index (χ2n) is 6.11. The molecule has 0 N–H and O–H groups in total. The number of methoxy groups -OCH3 is 1. The van der Waals surface area contributed by atoms with E-state index >= 15 is 0 Å². The van der Waals surface area contributed by atoms with E-state index < -0.39 is 0 Å². The van der Waals surface area contributed by atoms with Gasteiger partial charge in [-0.05, 0) is 30.7 Å². The molecule has 5 heteroatoms. The summed E-state index contributed by atoms with van der Waals surface area (Å²) in [7, 11) is 1.69. The molecule has 2 aromatic carbocycles. The number of para-hydroxylation sites is 1. The van der Waals surface area contributed by atoms with E-state index in [1.165, 1.54) is 0 Å². The Labute approximate surface area is 151 Å². The molecule has 5 nitrogen and oxygen atoms in total. The lowest BCUT2D eigenvalue weighted by Gasteiger charge is -2.09. The molecule has 130 valence electrons. The van der Waals surface area contributed by atoms with Gasteiger partial charge in [0.05, 0.1) is 19.3 Å². The molecule has 0 aliphatic rings. The zero-order chi connectivity index (χ0) is 17.9. The first-order chi connectivity index (χ1) is 12.7. The van der Waals surface area contributed by atoms with Crippen LogP contribution in [-0.2, 0) is 6.54 Å². The van der Waals surface area contributed by atoms with Crippen LogP contribution < -0.4 is 4.74 Å². The first kappa shape index (κ1) is 16.1. The monoisotopic (exact) mass is 345 g/mol. The second kappa shape index (κ2) is 6.88. The number of nitrogens with zero attached hydrogens (tertiary/aromatic N) is 3. The Morgan fingerprint density at radius 2 is 1.85 bits per heavy atom. The number of benzene rings is 2. The van der Waals surface area contributed by atoms with E-state index in [-0.39, 0.29) is 0 Å². The molecule has 0 spiro atoms. The van der Waals surface area contributed by atoms with Crippen LogP contribution in [0.25, 0.3) is 22.4 Å². The minimum absolute atomic E-state index is 0.587. The van der Waals surface area contributed by atoms with Crippen LogP contribution in [-0.4, -0.2) is 22.0 Å². The topological polar surface area (TPSA) is 53.1 Å². The van der Waals surface area contributed by atoms with Crippen molar-refractivity contribution in [2.24, 2.45) is 0 Å². The molecule has 0 unspecified atom stereocenters. The summed E-state index contributed by atoms with van der Waals surface area (Å²) in [5.41, 5.74) is 5.00. The first-order valence-corrected chi connectivity index (χ1v) is 8.42. The quantitative estimate of drug-likeness (QED) is 0.532. The Morgan fingerprint density at radius 3 is 2.65 bits per heavy atom. The molecule has 0 saturated carbocycles. The molecule has 0 fully saturated rings. The van der Waals surface area contributed by atoms with Crippen molar-refractivity contribution in [2.75, 3.05) is 7.11 Å². The van der Waals surface area contributed by atoms with Crippen molar-refractivity contribution in [1.82, 2.24) is 14.9 Å². The predicted molar refractivity (Wildman–Crippen MR) is 100.0 cm³/mol. The third-order valence-corrected chi connectivity index (χ3v) is 4.22. The molecular formula is C21H19N3O2. The second-order valence-corrected chi connectivity index (χ2v) is 6.11. The fourth-order valence-electron chi connectivity index (χ4n) is 2.99. The van der Waals surface area contributed by atoms with Crippen LogP contribution in [0.1, 0.15) is 11.5 Å². The number of hydrogen-bond acceptors (Lipinski definition) is 4. The predicted octanol–water partition coefficient (Wildman–Crippen LogP) is 4.57. The molecule has 4 rings (SSSR count). The summed E-state index contributed by atoms with van der Waals surface area (Å²) in [6.07, 6.45) is 1.95. The Kier molecular flexibility index (Phi) is 4.27. The van der Waals surface area contributed by atoms with Gasteiger partial charge in [-0.1, -0.05) is 41.6 Å². The molecule has 0 aliphatic carbocycles. The molecule has 0 radical (unpaired) electrons. The Bertz CT molecular complexity index is 1030. The number of ether oxygens (including phenoxy) is 1. The van der Waals surface area contributed by atoms with Crippen LogP contribution in [0.2, 0.25) is 0 Å². The highest BCUT2D eigenvalue weighted by Crippen LogP contribution is 2.32. The normalized spacial score (nSPS) is 10.8. The molecule has 0 atom stereocenters. The van der Waals surface area contributed by atoms with Crippen molar-refractivity contribution in [3.63, 3.8) is 0 Å². The van der Waals surface area contributed by atoms with Crippen LogP contribution in [0.3, 0.4) is 0 Å². The van der Waals surface area contributed by atoms with Gasteiger partial charge < -0.3 is 9.26 Å². The highest BCUT2D eigenvalue weighted by atomic mass is 16.5. The molecule has 2 heterocycles. The molecule has 2 aromatic heterocycles. The van der Waals surface area contributed by atoms with Gasteiger partial charge in [0.1, 0.15) is 17.2 Å². The van der Waals surface area contributed by atoms with Gasteiger partial charge >= 0.3 is 0 Å². The van der Waals surface area contributed by atoms with Crippen LogP contribution in [0.15, 0.2) is 71.4 Å². The molecule has 0 amide bonds. The summed E-state index contributed by atoms with van der Waals surface area (Å²) in [6, 6.07) is 20.3. The van der Waals surface area contributed by atoms with Crippen molar-refractivity contribution >= 4 is 0 Å². The number of hydrogen-bond donors (Lipinski definition) is 0. The van der Waals surface area contributed by atoms with E-state index in [4.69, 9.17) is 9.26 Å². The molecule has 0 aliphatic heterocycles. The molecule has 0 bridgehead atoms. The Morgan fingerprint density at radius 1 is 1.00 bits per heavy atom. The maximum absolute atomic E-state index is 5.48.